The van der Waals surface area contributed by atoms with E-state index in [4.69, 9.17) is 0 Å². The molecule has 2 aromatic rings. The van der Waals surface area contributed by atoms with Gasteiger partial charge in [-0.15, -0.1) is 0 Å². The highest BCUT2D eigenvalue weighted by Gasteiger charge is 2.26. The van der Waals surface area contributed by atoms with Crippen LogP contribution in [0.25, 0.3) is 11.0 Å². The van der Waals surface area contributed by atoms with Crippen LogP contribution in [0, 0.1) is 0 Å². The highest BCUT2D eigenvalue weighted by molar-refractivity contribution is 5.98. The van der Waals surface area contributed by atoms with E-state index in [0.717, 1.165) is 23.4 Å². The van der Waals surface area contributed by atoms with E-state index in [2.05, 4.69) is 20.9 Å². The molecule has 0 aliphatic carbocycles. The van der Waals surface area contributed by atoms with E-state index in [0.29, 0.717) is 0 Å². The molecule has 0 saturated carbocycles. The van der Waals surface area contributed by atoms with E-state index >= 15 is 0 Å². The number of nitrogens with one attached hydrogen (secondary N) is 3. The Morgan fingerprint density at radius 3 is 2.96 bits per heavy atom. The molecule has 3 rings (SSSR count). The van der Waals surface area contributed by atoms with Crippen LogP contribution in [-0.2, 0) is 22.7 Å². The summed E-state index contributed by atoms with van der Waals surface area (Å²) in [4.78, 5) is 39.6. The highest BCUT2D eigenvalue weighted by atomic mass is 16.2. The molecule has 0 bridgehead atoms. The Balaban J connectivity index is 1.70. The molecule has 0 unspecified atom stereocenters. The number of benzene rings is 1. The Bertz CT molecular complexity index is 798. The van der Waals surface area contributed by atoms with Crippen LogP contribution >= 0.6 is 0 Å². The molecule has 1 fully saturated rings. The largest absolute Gasteiger partial charge is 0.347 e. The molecule has 1 aliphatic heterocycles. The van der Waals surface area contributed by atoms with Crippen LogP contribution in [-0.4, -0.2) is 33.4 Å². The second kappa shape index (κ2) is 6.69. The van der Waals surface area contributed by atoms with Crippen molar-refractivity contribution in [3.05, 3.63) is 30.1 Å². The summed E-state index contributed by atoms with van der Waals surface area (Å²) >= 11 is 0. The lowest BCUT2D eigenvalue weighted by atomic mass is 10.1. The first-order valence-electron chi connectivity index (χ1n) is 7.90. The fourth-order valence-corrected chi connectivity index (χ4v) is 2.83. The molecule has 1 aromatic carbocycles. The molecular formula is C16H19N5O3. The molecule has 1 saturated heterocycles. The number of rotatable bonds is 4. The van der Waals surface area contributed by atoms with Crippen molar-refractivity contribution in [3.8, 4) is 0 Å². The Morgan fingerprint density at radius 1 is 1.38 bits per heavy atom. The summed E-state index contributed by atoms with van der Waals surface area (Å²) in [6, 6.07) is 6.41. The first-order chi connectivity index (χ1) is 11.6. The van der Waals surface area contributed by atoms with Crippen LogP contribution in [0.2, 0.25) is 0 Å². The third-order valence-electron chi connectivity index (χ3n) is 4.01. The molecule has 4 amide bonds. The van der Waals surface area contributed by atoms with Gasteiger partial charge in [0.05, 0.1) is 17.6 Å². The first-order valence-corrected chi connectivity index (χ1v) is 7.90. The summed E-state index contributed by atoms with van der Waals surface area (Å²) in [6.07, 6.45) is 0.401. The van der Waals surface area contributed by atoms with Gasteiger partial charge in [0.2, 0.25) is 11.8 Å². The van der Waals surface area contributed by atoms with Crippen LogP contribution in [0.15, 0.2) is 24.3 Å². The Morgan fingerprint density at radius 2 is 2.17 bits per heavy atom. The number of nitrogens with zero attached hydrogens (tertiary/aromatic N) is 2. The minimum atomic E-state index is -0.726. The minimum absolute atomic E-state index is 0.129. The van der Waals surface area contributed by atoms with Gasteiger partial charge in [0.25, 0.3) is 0 Å². The van der Waals surface area contributed by atoms with Crippen molar-refractivity contribution < 1.29 is 14.4 Å². The summed E-state index contributed by atoms with van der Waals surface area (Å²) in [6.45, 7) is 3.02. The van der Waals surface area contributed by atoms with Gasteiger partial charge in [-0.1, -0.05) is 12.1 Å². The van der Waals surface area contributed by atoms with Crippen LogP contribution in [0.3, 0.4) is 0 Å². The molecule has 8 heteroatoms. The zero-order valence-electron chi connectivity index (χ0n) is 13.3. The number of aryl methyl sites for hydroxylation is 1. The third kappa shape index (κ3) is 3.22. The molecule has 1 aromatic heterocycles. The molecular weight excluding hydrogens is 310 g/mol. The molecule has 0 radical (unpaired) electrons. The van der Waals surface area contributed by atoms with Gasteiger partial charge in [0.15, 0.2) is 0 Å². The average Bonchev–Trinajstić information content (AvgIpc) is 2.83. The molecule has 1 atom stereocenters. The topological polar surface area (TPSA) is 105 Å². The van der Waals surface area contributed by atoms with Crippen molar-refractivity contribution in [2.24, 2.45) is 0 Å². The van der Waals surface area contributed by atoms with Crippen molar-refractivity contribution in [1.82, 2.24) is 25.5 Å². The Kier molecular flexibility index (Phi) is 4.45. The molecule has 126 valence electrons. The van der Waals surface area contributed by atoms with E-state index in [9.17, 15) is 14.4 Å². The van der Waals surface area contributed by atoms with Gasteiger partial charge in [0, 0.05) is 13.0 Å². The van der Waals surface area contributed by atoms with Crippen LogP contribution in [0.4, 0.5) is 4.79 Å². The maximum absolute atomic E-state index is 12.3. The number of amides is 4. The molecule has 3 N–H and O–H groups in total. The summed E-state index contributed by atoms with van der Waals surface area (Å²) < 4.78 is 2.03. The number of imidazole rings is 1. The predicted octanol–water partition coefficient (Wildman–Crippen LogP) is 0.661. The minimum Gasteiger partial charge on any atom is -0.347 e. The molecule has 8 nitrogen and oxygen atoms in total. The van der Waals surface area contributed by atoms with E-state index in [1.165, 1.54) is 0 Å². The van der Waals surface area contributed by atoms with Crippen LogP contribution in [0.5, 0.6) is 0 Å². The van der Waals surface area contributed by atoms with Crippen molar-refractivity contribution in [2.75, 3.05) is 0 Å². The second-order valence-corrected chi connectivity index (χ2v) is 5.59. The summed E-state index contributed by atoms with van der Waals surface area (Å²) in [5, 5.41) is 7.43. The monoisotopic (exact) mass is 329 g/mol. The number of imide groups is 1. The first kappa shape index (κ1) is 16.0. The number of urea groups is 1. The Hall–Kier alpha value is -2.90. The second-order valence-electron chi connectivity index (χ2n) is 5.59. The molecule has 2 heterocycles. The quantitative estimate of drug-likeness (QED) is 0.766. The average molecular weight is 329 g/mol. The SMILES string of the molecule is CCn1c(CNC(=O)[C@H]2CCC(=O)NC(=O)N2)nc2ccccc21. The lowest BCUT2D eigenvalue weighted by molar-refractivity contribution is -0.123. The van der Waals surface area contributed by atoms with Crippen molar-refractivity contribution >= 4 is 28.9 Å². The molecule has 24 heavy (non-hydrogen) atoms. The van der Waals surface area contributed by atoms with E-state index in [1.807, 2.05) is 35.8 Å². The van der Waals surface area contributed by atoms with Gasteiger partial charge in [-0.25, -0.2) is 9.78 Å². The van der Waals surface area contributed by atoms with Crippen LogP contribution in [0.1, 0.15) is 25.6 Å². The number of hydrogen-bond acceptors (Lipinski definition) is 4. The zero-order chi connectivity index (χ0) is 17.1. The van der Waals surface area contributed by atoms with Gasteiger partial charge in [-0.2, -0.15) is 0 Å². The Labute approximate surface area is 138 Å². The standard InChI is InChI=1S/C16H19N5O3/c1-2-21-12-6-4-3-5-10(12)18-13(21)9-17-15(23)11-7-8-14(22)20-16(24)19-11/h3-6,11H,2,7-9H2,1H3,(H,17,23)(H2,19,20,22,24)/t11-/m1/s1. The number of carbonyl (C=O) groups is 3. The van der Waals surface area contributed by atoms with Crippen molar-refractivity contribution in [3.63, 3.8) is 0 Å². The number of carbonyl (C=O) groups excluding carboxylic acids is 3. The van der Waals surface area contributed by atoms with Gasteiger partial charge in [-0.3, -0.25) is 14.9 Å². The zero-order valence-corrected chi connectivity index (χ0v) is 13.3. The summed E-state index contributed by atoms with van der Waals surface area (Å²) in [7, 11) is 0. The normalized spacial score (nSPS) is 18.0. The van der Waals surface area contributed by atoms with E-state index < -0.39 is 12.1 Å². The smallest absolute Gasteiger partial charge is 0.322 e. The lowest BCUT2D eigenvalue weighted by Crippen LogP contribution is -2.48. The summed E-state index contributed by atoms with van der Waals surface area (Å²) in [5.41, 5.74) is 1.89. The third-order valence-corrected chi connectivity index (χ3v) is 4.01. The van der Waals surface area contributed by atoms with Gasteiger partial charge in [0.1, 0.15) is 11.9 Å². The van der Waals surface area contributed by atoms with Gasteiger partial charge < -0.3 is 15.2 Å². The van der Waals surface area contributed by atoms with Crippen molar-refractivity contribution in [1.29, 1.82) is 0 Å². The van der Waals surface area contributed by atoms with E-state index in [-0.39, 0.29) is 31.2 Å². The fraction of sp³-hybridized carbons (Fsp3) is 0.375. The van der Waals surface area contributed by atoms with E-state index in [1.54, 1.807) is 0 Å². The maximum atomic E-state index is 12.3. The number of fused-ring (bicyclic) bond motifs is 1. The van der Waals surface area contributed by atoms with Crippen LogP contribution < -0.4 is 16.0 Å². The summed E-state index contributed by atoms with van der Waals surface area (Å²) in [5.74, 6) is 0.0475. The molecule has 1 aliphatic rings. The number of aromatic nitrogens is 2. The lowest BCUT2D eigenvalue weighted by Gasteiger charge is -2.15. The number of hydrogen-bond donors (Lipinski definition) is 3. The van der Waals surface area contributed by atoms with Gasteiger partial charge >= 0.3 is 6.03 Å². The maximum Gasteiger partial charge on any atom is 0.322 e. The fourth-order valence-electron chi connectivity index (χ4n) is 2.83. The predicted molar refractivity (Wildman–Crippen MR) is 87.0 cm³/mol. The van der Waals surface area contributed by atoms with Gasteiger partial charge in [-0.05, 0) is 25.5 Å². The van der Waals surface area contributed by atoms with Crippen molar-refractivity contribution in [2.45, 2.75) is 38.9 Å². The number of para-hydroxylation sites is 2. The molecule has 0 spiro atoms. The highest BCUT2D eigenvalue weighted by Crippen LogP contribution is 2.15.